The Labute approximate surface area is 153 Å². The van der Waals surface area contributed by atoms with Crippen molar-refractivity contribution in [2.24, 2.45) is 0 Å². The molecule has 0 aliphatic carbocycles. The SMILES string of the molecule is CSc1ccccc1NC(=O)c1csc(Nc2cccc(Cl)c2)n1. The zero-order valence-electron chi connectivity index (χ0n) is 12.7. The first-order valence-electron chi connectivity index (χ1n) is 7.08. The highest BCUT2D eigenvalue weighted by Gasteiger charge is 2.13. The number of carbonyl (C=O) groups excluding carboxylic acids is 1. The Bertz CT molecular complexity index is 866. The van der Waals surface area contributed by atoms with Crippen molar-refractivity contribution < 1.29 is 4.79 Å². The normalized spacial score (nSPS) is 10.4. The molecular formula is C17H14ClN3OS2. The molecule has 7 heteroatoms. The molecule has 1 heterocycles. The van der Waals surface area contributed by atoms with Crippen molar-refractivity contribution in [3.63, 3.8) is 0 Å². The van der Waals surface area contributed by atoms with E-state index in [1.54, 1.807) is 29.3 Å². The zero-order chi connectivity index (χ0) is 16.9. The fraction of sp³-hybridized carbons (Fsp3) is 0.0588. The van der Waals surface area contributed by atoms with Gasteiger partial charge in [0.25, 0.3) is 5.91 Å². The molecule has 0 unspecified atom stereocenters. The van der Waals surface area contributed by atoms with E-state index < -0.39 is 0 Å². The number of carbonyl (C=O) groups is 1. The third-order valence-corrected chi connectivity index (χ3v) is 4.96. The van der Waals surface area contributed by atoms with Crippen LogP contribution in [0.4, 0.5) is 16.5 Å². The number of thioether (sulfide) groups is 1. The van der Waals surface area contributed by atoms with Gasteiger partial charge in [-0.05, 0) is 36.6 Å². The van der Waals surface area contributed by atoms with Crippen molar-refractivity contribution in [1.82, 2.24) is 4.98 Å². The molecule has 0 saturated carbocycles. The predicted octanol–water partition coefficient (Wildman–Crippen LogP) is 5.51. The number of para-hydroxylation sites is 1. The second-order valence-electron chi connectivity index (χ2n) is 4.83. The number of thiazole rings is 1. The number of aromatic nitrogens is 1. The minimum atomic E-state index is -0.230. The van der Waals surface area contributed by atoms with Gasteiger partial charge in [0, 0.05) is 21.0 Å². The number of anilines is 3. The van der Waals surface area contributed by atoms with Gasteiger partial charge in [-0.25, -0.2) is 4.98 Å². The summed E-state index contributed by atoms with van der Waals surface area (Å²) < 4.78 is 0. The average molecular weight is 376 g/mol. The van der Waals surface area contributed by atoms with Gasteiger partial charge in [0.05, 0.1) is 5.69 Å². The lowest BCUT2D eigenvalue weighted by Crippen LogP contribution is -2.13. The standard InChI is InChI=1S/C17H14ClN3OS2/c1-23-15-8-3-2-7-13(15)20-16(22)14-10-24-17(21-14)19-12-6-4-5-11(18)9-12/h2-10H,1H3,(H,19,21)(H,20,22). The Kier molecular flexibility index (Phi) is 5.40. The van der Waals surface area contributed by atoms with Gasteiger partial charge in [-0.15, -0.1) is 23.1 Å². The highest BCUT2D eigenvalue weighted by molar-refractivity contribution is 7.98. The van der Waals surface area contributed by atoms with Crippen LogP contribution in [-0.2, 0) is 0 Å². The first kappa shape index (κ1) is 16.8. The summed E-state index contributed by atoms with van der Waals surface area (Å²) in [6, 6.07) is 15.0. The number of nitrogens with one attached hydrogen (secondary N) is 2. The molecule has 0 radical (unpaired) electrons. The minimum Gasteiger partial charge on any atom is -0.331 e. The Morgan fingerprint density at radius 2 is 2.04 bits per heavy atom. The number of halogens is 1. The van der Waals surface area contributed by atoms with Crippen LogP contribution in [0.5, 0.6) is 0 Å². The monoisotopic (exact) mass is 375 g/mol. The molecule has 1 aromatic heterocycles. The molecular weight excluding hydrogens is 362 g/mol. The topological polar surface area (TPSA) is 54.0 Å². The van der Waals surface area contributed by atoms with Crippen LogP contribution in [0.3, 0.4) is 0 Å². The maximum atomic E-state index is 12.4. The summed E-state index contributed by atoms with van der Waals surface area (Å²) in [6.45, 7) is 0. The minimum absolute atomic E-state index is 0.230. The molecule has 2 aromatic carbocycles. The Morgan fingerprint density at radius 1 is 1.21 bits per heavy atom. The summed E-state index contributed by atoms with van der Waals surface area (Å²) >= 11 is 8.91. The number of hydrogen-bond acceptors (Lipinski definition) is 5. The van der Waals surface area contributed by atoms with E-state index in [2.05, 4.69) is 15.6 Å². The van der Waals surface area contributed by atoms with Crippen LogP contribution in [-0.4, -0.2) is 17.1 Å². The number of rotatable bonds is 5. The second-order valence-corrected chi connectivity index (χ2v) is 6.97. The molecule has 2 N–H and O–H groups in total. The van der Waals surface area contributed by atoms with E-state index in [-0.39, 0.29) is 5.91 Å². The fourth-order valence-electron chi connectivity index (χ4n) is 2.06. The molecule has 0 aliphatic heterocycles. The lowest BCUT2D eigenvalue weighted by atomic mass is 10.3. The van der Waals surface area contributed by atoms with Crippen molar-refractivity contribution in [2.45, 2.75) is 4.90 Å². The van der Waals surface area contributed by atoms with Gasteiger partial charge in [0.15, 0.2) is 5.13 Å². The van der Waals surface area contributed by atoms with Gasteiger partial charge < -0.3 is 10.6 Å². The summed E-state index contributed by atoms with van der Waals surface area (Å²) in [5.41, 5.74) is 1.99. The van der Waals surface area contributed by atoms with E-state index in [0.717, 1.165) is 16.3 Å². The maximum absolute atomic E-state index is 12.4. The number of amides is 1. The summed E-state index contributed by atoms with van der Waals surface area (Å²) in [5.74, 6) is -0.230. The van der Waals surface area contributed by atoms with Gasteiger partial charge in [0.1, 0.15) is 5.69 Å². The van der Waals surface area contributed by atoms with Crippen LogP contribution in [0.25, 0.3) is 0 Å². The van der Waals surface area contributed by atoms with Crippen LogP contribution in [0.15, 0.2) is 58.8 Å². The third-order valence-electron chi connectivity index (χ3n) is 3.17. The van der Waals surface area contributed by atoms with Crippen LogP contribution < -0.4 is 10.6 Å². The van der Waals surface area contributed by atoms with E-state index in [1.165, 1.54) is 11.3 Å². The van der Waals surface area contributed by atoms with Gasteiger partial charge in [0.2, 0.25) is 0 Å². The van der Waals surface area contributed by atoms with Crippen LogP contribution in [0.1, 0.15) is 10.5 Å². The van der Waals surface area contributed by atoms with Gasteiger partial charge in [-0.3, -0.25) is 4.79 Å². The van der Waals surface area contributed by atoms with E-state index in [1.807, 2.05) is 42.7 Å². The van der Waals surface area contributed by atoms with Crippen molar-refractivity contribution >= 4 is 57.1 Å². The molecule has 3 aromatic rings. The molecule has 122 valence electrons. The molecule has 24 heavy (non-hydrogen) atoms. The fourth-order valence-corrected chi connectivity index (χ4v) is 3.51. The Hall–Kier alpha value is -2.02. The first-order valence-corrected chi connectivity index (χ1v) is 9.56. The van der Waals surface area contributed by atoms with E-state index in [4.69, 9.17) is 11.6 Å². The smallest absolute Gasteiger partial charge is 0.275 e. The highest BCUT2D eigenvalue weighted by atomic mass is 35.5. The third kappa shape index (κ3) is 4.08. The van der Waals surface area contributed by atoms with E-state index in [9.17, 15) is 4.79 Å². The lowest BCUT2D eigenvalue weighted by molar-refractivity contribution is 0.102. The molecule has 1 amide bonds. The van der Waals surface area contributed by atoms with Crippen molar-refractivity contribution in [1.29, 1.82) is 0 Å². The molecule has 0 atom stereocenters. The van der Waals surface area contributed by atoms with E-state index in [0.29, 0.717) is 15.8 Å². The first-order chi connectivity index (χ1) is 11.7. The van der Waals surface area contributed by atoms with Crippen LogP contribution in [0, 0.1) is 0 Å². The molecule has 0 spiro atoms. The van der Waals surface area contributed by atoms with Gasteiger partial charge in [-0.2, -0.15) is 0 Å². The van der Waals surface area contributed by atoms with Crippen molar-refractivity contribution in [2.75, 3.05) is 16.9 Å². The predicted molar refractivity (Wildman–Crippen MR) is 103 cm³/mol. The molecule has 0 aliphatic rings. The molecule has 4 nitrogen and oxygen atoms in total. The summed E-state index contributed by atoms with van der Waals surface area (Å²) in [6.07, 6.45) is 1.97. The number of hydrogen-bond donors (Lipinski definition) is 2. The van der Waals surface area contributed by atoms with Crippen molar-refractivity contribution in [3.05, 3.63) is 64.6 Å². The molecule has 0 fully saturated rings. The van der Waals surface area contributed by atoms with Gasteiger partial charge >= 0.3 is 0 Å². The summed E-state index contributed by atoms with van der Waals surface area (Å²) in [4.78, 5) is 17.7. The zero-order valence-corrected chi connectivity index (χ0v) is 15.1. The molecule has 3 rings (SSSR count). The van der Waals surface area contributed by atoms with Crippen LogP contribution >= 0.6 is 34.7 Å². The maximum Gasteiger partial charge on any atom is 0.275 e. The highest BCUT2D eigenvalue weighted by Crippen LogP contribution is 2.26. The average Bonchev–Trinajstić information content (AvgIpc) is 3.04. The Morgan fingerprint density at radius 3 is 2.83 bits per heavy atom. The molecule has 0 bridgehead atoms. The number of benzene rings is 2. The summed E-state index contributed by atoms with van der Waals surface area (Å²) in [7, 11) is 0. The number of nitrogens with zero attached hydrogens (tertiary/aromatic N) is 1. The largest absolute Gasteiger partial charge is 0.331 e. The molecule has 0 saturated heterocycles. The van der Waals surface area contributed by atoms with E-state index >= 15 is 0 Å². The Balaban J connectivity index is 1.72. The quantitative estimate of drug-likeness (QED) is 0.577. The van der Waals surface area contributed by atoms with Crippen molar-refractivity contribution in [3.8, 4) is 0 Å². The van der Waals surface area contributed by atoms with Gasteiger partial charge in [-0.1, -0.05) is 29.8 Å². The second kappa shape index (κ2) is 7.70. The summed E-state index contributed by atoms with van der Waals surface area (Å²) in [5, 5.41) is 9.05. The van der Waals surface area contributed by atoms with Crippen LogP contribution in [0.2, 0.25) is 5.02 Å². The lowest BCUT2D eigenvalue weighted by Gasteiger charge is -2.07.